The van der Waals surface area contributed by atoms with E-state index in [0.29, 0.717) is 40.8 Å². The fourth-order valence-corrected chi connectivity index (χ4v) is 4.41. The van der Waals surface area contributed by atoms with E-state index in [1.165, 1.54) is 6.07 Å². The molecule has 0 spiro atoms. The zero-order valence-electron chi connectivity index (χ0n) is 17.6. The first kappa shape index (κ1) is 20.2. The molecule has 164 valence electrons. The molecule has 3 aromatic heterocycles. The molecule has 1 unspecified atom stereocenters. The number of rotatable bonds is 4. The van der Waals surface area contributed by atoms with Gasteiger partial charge in [0, 0.05) is 56.9 Å². The summed E-state index contributed by atoms with van der Waals surface area (Å²) in [6, 6.07) is 10.3. The van der Waals surface area contributed by atoms with E-state index in [1.807, 2.05) is 6.07 Å². The van der Waals surface area contributed by atoms with Gasteiger partial charge in [-0.15, -0.1) is 0 Å². The van der Waals surface area contributed by atoms with Crippen LogP contribution in [0.3, 0.4) is 0 Å². The van der Waals surface area contributed by atoms with E-state index < -0.39 is 0 Å². The maximum Gasteiger partial charge on any atom is 0.272 e. The van der Waals surface area contributed by atoms with E-state index in [1.54, 1.807) is 48.1 Å². The quantitative estimate of drug-likeness (QED) is 0.455. The number of anilines is 1. The van der Waals surface area contributed by atoms with Crippen molar-refractivity contribution >= 4 is 28.1 Å². The van der Waals surface area contributed by atoms with Gasteiger partial charge in [-0.1, -0.05) is 0 Å². The molecular weight excluding hydrogens is 411 g/mol. The fraction of sp³-hybridized carbons (Fsp3) is 0.261. The number of carbonyl (C=O) groups is 1. The molecule has 1 fully saturated rings. The molecule has 8 nitrogen and oxygen atoms in total. The van der Waals surface area contributed by atoms with Gasteiger partial charge >= 0.3 is 0 Å². The summed E-state index contributed by atoms with van der Waals surface area (Å²) < 4.78 is 16.8. The number of halogens is 1. The molecule has 1 amide bonds. The minimum Gasteiger partial charge on any atom is -0.366 e. The fourth-order valence-electron chi connectivity index (χ4n) is 4.41. The number of hydrogen-bond acceptors (Lipinski definition) is 5. The lowest BCUT2D eigenvalue weighted by Gasteiger charge is -2.38. The number of amides is 1. The van der Waals surface area contributed by atoms with Crippen molar-refractivity contribution in [2.75, 3.05) is 31.6 Å². The van der Waals surface area contributed by atoms with E-state index in [0.717, 1.165) is 18.8 Å². The standard InChI is InChI=1S/C23H23FN6O2/c1-25-22(31)19-11-15(4-5-27-19)29-8-6-26-13-16(29)9-14-10-18-21(12-17(14)24)30-7-2-3-20(30)23(32)28-18/h2-5,7,10-12,16,26H,6,8-9,13H2,1H3,(H,25,31)(H,28,32). The van der Waals surface area contributed by atoms with Crippen LogP contribution in [0.4, 0.5) is 10.1 Å². The Morgan fingerprint density at radius 3 is 3.00 bits per heavy atom. The van der Waals surface area contributed by atoms with Gasteiger partial charge in [-0.25, -0.2) is 4.39 Å². The van der Waals surface area contributed by atoms with Crippen molar-refractivity contribution in [1.82, 2.24) is 25.0 Å². The van der Waals surface area contributed by atoms with Gasteiger partial charge < -0.3 is 24.9 Å². The summed E-state index contributed by atoms with van der Waals surface area (Å²) in [6.45, 7) is 2.17. The van der Waals surface area contributed by atoms with Gasteiger partial charge in [0.2, 0.25) is 0 Å². The van der Waals surface area contributed by atoms with Gasteiger partial charge in [-0.3, -0.25) is 14.6 Å². The molecule has 0 aliphatic carbocycles. The molecule has 1 atom stereocenters. The number of carbonyl (C=O) groups excluding carboxylic acids is 1. The van der Waals surface area contributed by atoms with E-state index in [4.69, 9.17) is 0 Å². The van der Waals surface area contributed by atoms with Crippen LogP contribution >= 0.6 is 0 Å². The number of aromatic amines is 1. The van der Waals surface area contributed by atoms with Crippen molar-refractivity contribution in [3.63, 3.8) is 0 Å². The third-order valence-electron chi connectivity index (χ3n) is 5.99. The minimum atomic E-state index is -0.314. The Labute approximate surface area is 183 Å². The van der Waals surface area contributed by atoms with Crippen LogP contribution < -0.4 is 21.1 Å². The second-order valence-electron chi connectivity index (χ2n) is 7.91. The highest BCUT2D eigenvalue weighted by atomic mass is 19.1. The summed E-state index contributed by atoms with van der Waals surface area (Å²) in [5, 5.41) is 5.96. The number of pyridine rings is 1. The summed E-state index contributed by atoms with van der Waals surface area (Å²) in [4.78, 5) is 33.5. The monoisotopic (exact) mass is 434 g/mol. The second kappa shape index (κ2) is 8.08. The van der Waals surface area contributed by atoms with Crippen molar-refractivity contribution in [3.8, 4) is 0 Å². The zero-order chi connectivity index (χ0) is 22.2. The van der Waals surface area contributed by atoms with E-state index in [-0.39, 0.29) is 23.3 Å². The predicted molar refractivity (Wildman–Crippen MR) is 121 cm³/mol. The summed E-state index contributed by atoms with van der Waals surface area (Å²) in [6.07, 6.45) is 3.81. The lowest BCUT2D eigenvalue weighted by atomic mass is 10.0. The summed E-state index contributed by atoms with van der Waals surface area (Å²) in [7, 11) is 1.57. The molecular formula is C23H23FN6O2. The first-order chi connectivity index (χ1) is 15.5. The topological polar surface area (TPSA) is 94.5 Å². The van der Waals surface area contributed by atoms with Crippen molar-refractivity contribution in [2.45, 2.75) is 12.5 Å². The molecule has 1 aliphatic rings. The molecule has 0 radical (unpaired) electrons. The molecule has 1 aromatic carbocycles. The molecule has 3 N–H and O–H groups in total. The van der Waals surface area contributed by atoms with Crippen LogP contribution in [0.25, 0.3) is 16.6 Å². The Morgan fingerprint density at radius 2 is 2.16 bits per heavy atom. The SMILES string of the molecule is CNC(=O)c1cc(N2CCNCC2Cc2cc3[nH]c(=O)c4cccn4c3cc2F)ccn1. The number of H-pyrrole nitrogens is 1. The Hall–Kier alpha value is -3.72. The van der Waals surface area contributed by atoms with Crippen molar-refractivity contribution in [3.05, 3.63) is 76.2 Å². The lowest BCUT2D eigenvalue weighted by Crippen LogP contribution is -2.52. The van der Waals surface area contributed by atoms with Gasteiger partial charge in [-0.05, 0) is 42.3 Å². The van der Waals surface area contributed by atoms with Crippen LogP contribution in [0.5, 0.6) is 0 Å². The highest BCUT2D eigenvalue weighted by molar-refractivity contribution is 5.92. The molecule has 32 heavy (non-hydrogen) atoms. The predicted octanol–water partition coefficient (Wildman–Crippen LogP) is 1.70. The molecule has 0 bridgehead atoms. The Kier molecular flexibility index (Phi) is 5.10. The first-order valence-electron chi connectivity index (χ1n) is 10.5. The largest absolute Gasteiger partial charge is 0.366 e. The summed E-state index contributed by atoms with van der Waals surface area (Å²) >= 11 is 0. The molecule has 4 heterocycles. The van der Waals surface area contributed by atoms with Crippen LogP contribution in [0, 0.1) is 5.82 Å². The molecule has 1 aliphatic heterocycles. The normalized spacial score (nSPS) is 16.6. The molecule has 0 saturated carbocycles. The number of benzene rings is 1. The molecule has 4 aromatic rings. The lowest BCUT2D eigenvalue weighted by molar-refractivity contribution is 0.0958. The number of piperazine rings is 1. The first-order valence-corrected chi connectivity index (χ1v) is 10.5. The highest BCUT2D eigenvalue weighted by Gasteiger charge is 2.25. The van der Waals surface area contributed by atoms with Crippen LogP contribution in [-0.2, 0) is 6.42 Å². The van der Waals surface area contributed by atoms with E-state index in [9.17, 15) is 9.59 Å². The van der Waals surface area contributed by atoms with Crippen molar-refractivity contribution in [2.24, 2.45) is 0 Å². The third kappa shape index (κ3) is 3.50. The third-order valence-corrected chi connectivity index (χ3v) is 5.99. The second-order valence-corrected chi connectivity index (χ2v) is 7.91. The molecule has 1 saturated heterocycles. The summed E-state index contributed by atoms with van der Waals surface area (Å²) in [5.41, 5.74) is 3.22. The Morgan fingerprint density at radius 1 is 1.28 bits per heavy atom. The zero-order valence-corrected chi connectivity index (χ0v) is 17.6. The van der Waals surface area contributed by atoms with Crippen molar-refractivity contribution < 1.29 is 9.18 Å². The van der Waals surface area contributed by atoms with Crippen LogP contribution in [0.15, 0.2) is 53.6 Å². The van der Waals surface area contributed by atoms with Crippen LogP contribution in [0.2, 0.25) is 0 Å². The van der Waals surface area contributed by atoms with Gasteiger partial charge in [0.1, 0.15) is 17.0 Å². The van der Waals surface area contributed by atoms with Crippen molar-refractivity contribution in [1.29, 1.82) is 0 Å². The van der Waals surface area contributed by atoms with Crippen LogP contribution in [0.1, 0.15) is 16.1 Å². The van der Waals surface area contributed by atoms with Gasteiger partial charge in [-0.2, -0.15) is 0 Å². The maximum atomic E-state index is 15.1. The van der Waals surface area contributed by atoms with Crippen LogP contribution in [-0.4, -0.2) is 53.0 Å². The number of aromatic nitrogens is 3. The van der Waals surface area contributed by atoms with E-state index >= 15 is 4.39 Å². The van der Waals surface area contributed by atoms with Gasteiger partial charge in [0.15, 0.2) is 0 Å². The number of hydrogen-bond donors (Lipinski definition) is 3. The molecule has 9 heteroatoms. The average Bonchev–Trinajstić information content (AvgIpc) is 3.31. The Bertz CT molecular complexity index is 1380. The minimum absolute atomic E-state index is 0.0299. The highest BCUT2D eigenvalue weighted by Crippen LogP contribution is 2.24. The maximum absolute atomic E-state index is 15.1. The smallest absolute Gasteiger partial charge is 0.272 e. The van der Waals surface area contributed by atoms with E-state index in [2.05, 4.69) is 25.5 Å². The van der Waals surface area contributed by atoms with Gasteiger partial charge in [0.05, 0.1) is 11.0 Å². The number of nitrogens with zero attached hydrogens (tertiary/aromatic N) is 3. The Balaban J connectivity index is 1.50. The molecule has 5 rings (SSSR count). The number of nitrogens with one attached hydrogen (secondary N) is 3. The summed E-state index contributed by atoms with van der Waals surface area (Å²) in [5.74, 6) is -0.565. The van der Waals surface area contributed by atoms with Gasteiger partial charge in [0.25, 0.3) is 11.5 Å². The average molecular weight is 434 g/mol. The number of fused-ring (bicyclic) bond motifs is 3.